The number of alkyl halides is 3. The van der Waals surface area contributed by atoms with E-state index in [9.17, 15) is 18.0 Å². The Labute approximate surface area is 109 Å². The second-order valence-corrected chi connectivity index (χ2v) is 4.35. The van der Waals surface area contributed by atoms with Gasteiger partial charge in [0, 0.05) is 5.69 Å². The van der Waals surface area contributed by atoms with Crippen LogP contribution < -0.4 is 5.73 Å². The molecule has 106 valence electrons. The van der Waals surface area contributed by atoms with Crippen LogP contribution in [0.15, 0.2) is 18.2 Å². The van der Waals surface area contributed by atoms with Gasteiger partial charge < -0.3 is 10.5 Å². The van der Waals surface area contributed by atoms with E-state index in [-0.39, 0.29) is 17.4 Å². The third-order valence-corrected chi connectivity index (χ3v) is 2.52. The number of rotatable bonds is 4. The molecule has 0 radical (unpaired) electrons. The molecule has 0 fully saturated rings. The van der Waals surface area contributed by atoms with E-state index in [4.69, 9.17) is 10.5 Å². The molecule has 0 saturated carbocycles. The molecule has 1 aromatic rings. The lowest BCUT2D eigenvalue weighted by atomic mass is 10.1. The van der Waals surface area contributed by atoms with Gasteiger partial charge in [0.05, 0.1) is 17.2 Å². The van der Waals surface area contributed by atoms with Gasteiger partial charge in [-0.25, -0.2) is 4.79 Å². The summed E-state index contributed by atoms with van der Waals surface area (Å²) in [6.45, 7) is 3.62. The summed E-state index contributed by atoms with van der Waals surface area (Å²) in [5, 5.41) is 0. The van der Waals surface area contributed by atoms with E-state index in [0.717, 1.165) is 18.6 Å². The molecule has 0 aliphatic heterocycles. The van der Waals surface area contributed by atoms with E-state index < -0.39 is 17.7 Å². The lowest BCUT2D eigenvalue weighted by Gasteiger charge is -2.14. The number of hydrogen-bond donors (Lipinski definition) is 1. The average Bonchev–Trinajstić information content (AvgIpc) is 2.27. The van der Waals surface area contributed by atoms with Gasteiger partial charge in [0.25, 0.3) is 0 Å². The van der Waals surface area contributed by atoms with Crippen LogP contribution in [0.4, 0.5) is 18.9 Å². The number of carbonyl (C=O) groups is 1. The molecule has 0 heterocycles. The Morgan fingerprint density at radius 2 is 2.00 bits per heavy atom. The van der Waals surface area contributed by atoms with E-state index in [1.165, 1.54) is 6.07 Å². The molecule has 0 aliphatic carbocycles. The van der Waals surface area contributed by atoms with Crippen LogP contribution >= 0.6 is 0 Å². The quantitative estimate of drug-likeness (QED) is 0.674. The number of esters is 1. The summed E-state index contributed by atoms with van der Waals surface area (Å²) in [6.07, 6.45) is -3.41. The molecule has 6 heteroatoms. The van der Waals surface area contributed by atoms with E-state index in [1.807, 2.05) is 6.92 Å². The van der Waals surface area contributed by atoms with Gasteiger partial charge in [-0.15, -0.1) is 0 Å². The number of nitrogen functional groups attached to an aromatic ring is 1. The molecule has 19 heavy (non-hydrogen) atoms. The second kappa shape index (κ2) is 5.95. The van der Waals surface area contributed by atoms with Crippen LogP contribution in [-0.2, 0) is 10.9 Å². The molecule has 1 atom stereocenters. The lowest BCUT2D eigenvalue weighted by molar-refractivity contribution is -0.137. The van der Waals surface area contributed by atoms with Crippen molar-refractivity contribution in [3.8, 4) is 0 Å². The summed E-state index contributed by atoms with van der Waals surface area (Å²) in [4.78, 5) is 11.7. The van der Waals surface area contributed by atoms with Gasteiger partial charge in [-0.3, -0.25) is 0 Å². The standard InChI is InChI=1S/C13H16F3NO2/c1-3-4-8(2)19-12(18)9-5-10(13(14,15)16)7-11(17)6-9/h5-8H,3-4,17H2,1-2H3. The highest BCUT2D eigenvalue weighted by Gasteiger charge is 2.31. The summed E-state index contributed by atoms with van der Waals surface area (Å²) >= 11 is 0. The molecule has 1 aromatic carbocycles. The largest absolute Gasteiger partial charge is 0.459 e. The summed E-state index contributed by atoms with van der Waals surface area (Å²) in [7, 11) is 0. The Kier molecular flexibility index (Phi) is 4.80. The SMILES string of the molecule is CCCC(C)OC(=O)c1cc(N)cc(C(F)(F)F)c1. The van der Waals surface area contributed by atoms with Crippen LogP contribution in [0, 0.1) is 0 Å². The fourth-order valence-corrected chi connectivity index (χ4v) is 1.65. The first-order valence-corrected chi connectivity index (χ1v) is 5.92. The molecule has 0 spiro atoms. The van der Waals surface area contributed by atoms with Gasteiger partial charge in [-0.2, -0.15) is 13.2 Å². The highest BCUT2D eigenvalue weighted by Crippen LogP contribution is 2.31. The predicted molar refractivity (Wildman–Crippen MR) is 65.6 cm³/mol. The Bertz CT molecular complexity index is 458. The molecule has 1 rings (SSSR count). The van der Waals surface area contributed by atoms with Crippen LogP contribution in [0.1, 0.15) is 42.6 Å². The van der Waals surface area contributed by atoms with E-state index in [2.05, 4.69) is 0 Å². The summed E-state index contributed by atoms with van der Waals surface area (Å²) in [6, 6.07) is 2.71. The normalized spacial score (nSPS) is 13.1. The molecule has 1 unspecified atom stereocenters. The number of nitrogens with two attached hydrogens (primary N) is 1. The minimum Gasteiger partial charge on any atom is -0.459 e. The number of halogens is 3. The summed E-state index contributed by atoms with van der Waals surface area (Å²) in [5.74, 6) is -0.793. The summed E-state index contributed by atoms with van der Waals surface area (Å²) in [5.41, 5.74) is 4.11. The first kappa shape index (κ1) is 15.3. The average molecular weight is 275 g/mol. The van der Waals surface area contributed by atoms with Crippen molar-refractivity contribution < 1.29 is 22.7 Å². The number of anilines is 1. The zero-order valence-corrected chi connectivity index (χ0v) is 10.8. The Hall–Kier alpha value is -1.72. The third kappa shape index (κ3) is 4.46. The van der Waals surface area contributed by atoms with Gasteiger partial charge in [0.2, 0.25) is 0 Å². The van der Waals surface area contributed by atoms with Crippen molar-refractivity contribution in [1.29, 1.82) is 0 Å². The fourth-order valence-electron chi connectivity index (χ4n) is 1.65. The van der Waals surface area contributed by atoms with Crippen LogP contribution in [0.25, 0.3) is 0 Å². The number of hydrogen-bond acceptors (Lipinski definition) is 3. The molecule has 0 amide bonds. The van der Waals surface area contributed by atoms with Crippen LogP contribution in [0.2, 0.25) is 0 Å². The lowest BCUT2D eigenvalue weighted by Crippen LogP contribution is -2.16. The number of ether oxygens (including phenoxy) is 1. The first-order chi connectivity index (χ1) is 8.74. The molecule has 0 aliphatic rings. The van der Waals surface area contributed by atoms with Gasteiger partial charge >= 0.3 is 12.1 Å². The van der Waals surface area contributed by atoms with Crippen molar-refractivity contribution in [2.45, 2.75) is 39.0 Å². The van der Waals surface area contributed by atoms with E-state index in [0.29, 0.717) is 6.42 Å². The van der Waals surface area contributed by atoms with Crippen LogP contribution in [0.3, 0.4) is 0 Å². The minimum absolute atomic E-state index is 0.120. The Balaban J connectivity index is 2.95. The molecule has 0 aromatic heterocycles. The molecule has 0 saturated heterocycles. The van der Waals surface area contributed by atoms with Gasteiger partial charge in [0.15, 0.2) is 0 Å². The smallest absolute Gasteiger partial charge is 0.416 e. The zero-order valence-electron chi connectivity index (χ0n) is 10.8. The maximum absolute atomic E-state index is 12.6. The maximum Gasteiger partial charge on any atom is 0.416 e. The van der Waals surface area contributed by atoms with Crippen molar-refractivity contribution in [3.05, 3.63) is 29.3 Å². The van der Waals surface area contributed by atoms with Crippen molar-refractivity contribution >= 4 is 11.7 Å². The fraction of sp³-hybridized carbons (Fsp3) is 0.462. The Morgan fingerprint density at radius 3 is 2.53 bits per heavy atom. The van der Waals surface area contributed by atoms with Crippen molar-refractivity contribution in [2.24, 2.45) is 0 Å². The number of benzene rings is 1. The molecular weight excluding hydrogens is 259 g/mol. The monoisotopic (exact) mass is 275 g/mol. The highest BCUT2D eigenvalue weighted by atomic mass is 19.4. The van der Waals surface area contributed by atoms with Crippen molar-refractivity contribution in [3.63, 3.8) is 0 Å². The maximum atomic E-state index is 12.6. The zero-order chi connectivity index (χ0) is 14.6. The predicted octanol–water partition coefficient (Wildman–Crippen LogP) is 3.63. The molecule has 3 nitrogen and oxygen atoms in total. The van der Waals surface area contributed by atoms with E-state index >= 15 is 0 Å². The van der Waals surface area contributed by atoms with Gasteiger partial charge in [-0.1, -0.05) is 13.3 Å². The highest BCUT2D eigenvalue weighted by molar-refractivity contribution is 5.90. The summed E-state index contributed by atoms with van der Waals surface area (Å²) < 4.78 is 42.8. The van der Waals surface area contributed by atoms with Gasteiger partial charge in [-0.05, 0) is 31.5 Å². The van der Waals surface area contributed by atoms with Crippen LogP contribution in [-0.4, -0.2) is 12.1 Å². The molecule has 0 bridgehead atoms. The molecule has 2 N–H and O–H groups in total. The third-order valence-electron chi connectivity index (χ3n) is 2.52. The molecular formula is C13H16F3NO2. The minimum atomic E-state index is -4.54. The van der Waals surface area contributed by atoms with Crippen molar-refractivity contribution in [2.75, 3.05) is 5.73 Å². The Morgan fingerprint density at radius 1 is 1.37 bits per heavy atom. The topological polar surface area (TPSA) is 52.3 Å². The van der Waals surface area contributed by atoms with E-state index in [1.54, 1.807) is 6.92 Å². The van der Waals surface area contributed by atoms with Gasteiger partial charge in [0.1, 0.15) is 0 Å². The number of carbonyl (C=O) groups excluding carboxylic acids is 1. The van der Waals surface area contributed by atoms with Crippen molar-refractivity contribution in [1.82, 2.24) is 0 Å². The van der Waals surface area contributed by atoms with Crippen LogP contribution in [0.5, 0.6) is 0 Å². The first-order valence-electron chi connectivity index (χ1n) is 5.92. The second-order valence-electron chi connectivity index (χ2n) is 4.35.